The summed E-state index contributed by atoms with van der Waals surface area (Å²) in [5, 5.41) is 12.2. The van der Waals surface area contributed by atoms with Gasteiger partial charge in [-0.1, -0.05) is 0 Å². The fourth-order valence-corrected chi connectivity index (χ4v) is 0.454. The van der Waals surface area contributed by atoms with Crippen LogP contribution in [0, 0.1) is 5.21 Å². The molecule has 1 rings (SSSR count). The Hall–Kier alpha value is -1.47. The molecule has 1 saturated heterocycles. The van der Waals surface area contributed by atoms with E-state index < -0.39 is 23.2 Å². The van der Waals surface area contributed by atoms with Crippen molar-refractivity contribution in [2.45, 2.75) is 0 Å². The molecule has 0 aromatic rings. The van der Waals surface area contributed by atoms with Crippen LogP contribution in [0.5, 0.6) is 0 Å². The minimum atomic E-state index is -1.25. The summed E-state index contributed by atoms with van der Waals surface area (Å²) in [6.07, 6.45) is 0. The molecule has 7 heteroatoms. The lowest BCUT2D eigenvalue weighted by Gasteiger charge is -2.20. The van der Waals surface area contributed by atoms with E-state index in [9.17, 15) is 19.6 Å². The van der Waals surface area contributed by atoms with E-state index in [2.05, 4.69) is 0 Å². The quantitative estimate of drug-likeness (QED) is 0.340. The molecule has 0 atom stereocenters. The number of quaternary nitrogens is 1. The van der Waals surface area contributed by atoms with Gasteiger partial charge in [0.15, 0.2) is 0 Å². The standard InChI is InChI=1S/C3H3N3O4/c7-1-4-2(8)6(10)3(9)5-1/h6H,(H2,4,5,7,8,9). The third-order valence-electron chi connectivity index (χ3n) is 0.867. The van der Waals surface area contributed by atoms with Crippen LogP contribution in [0.2, 0.25) is 0 Å². The van der Waals surface area contributed by atoms with Crippen LogP contribution >= 0.6 is 0 Å². The van der Waals surface area contributed by atoms with Gasteiger partial charge in [-0.05, 0) is 0 Å². The number of urea groups is 3. The summed E-state index contributed by atoms with van der Waals surface area (Å²) in [5.41, 5.74) is 0. The Morgan fingerprint density at radius 1 is 1.10 bits per heavy atom. The number of imide groups is 3. The summed E-state index contributed by atoms with van der Waals surface area (Å²) in [7, 11) is 0. The maximum atomic E-state index is 10.3. The van der Waals surface area contributed by atoms with Crippen molar-refractivity contribution in [1.82, 2.24) is 10.6 Å². The first-order valence-corrected chi connectivity index (χ1v) is 2.32. The molecule has 10 heavy (non-hydrogen) atoms. The Balaban J connectivity index is 2.76. The third kappa shape index (κ3) is 0.946. The van der Waals surface area contributed by atoms with Crippen LogP contribution in [0.15, 0.2) is 0 Å². The maximum Gasteiger partial charge on any atom is 0.432 e. The molecule has 0 aliphatic carbocycles. The zero-order chi connectivity index (χ0) is 7.72. The minimum absolute atomic E-state index is 0.963. The van der Waals surface area contributed by atoms with Crippen molar-refractivity contribution in [1.29, 1.82) is 0 Å². The first-order valence-electron chi connectivity index (χ1n) is 2.32. The van der Waals surface area contributed by atoms with E-state index in [0.717, 1.165) is 0 Å². The average Bonchev–Trinajstić information content (AvgIpc) is 1.82. The summed E-state index contributed by atoms with van der Waals surface area (Å²) < 4.78 is 0. The number of hydrogen-bond acceptors (Lipinski definition) is 4. The van der Waals surface area contributed by atoms with E-state index >= 15 is 0 Å². The first kappa shape index (κ1) is 6.65. The summed E-state index contributed by atoms with van der Waals surface area (Å²) >= 11 is 0. The van der Waals surface area contributed by atoms with Gasteiger partial charge in [0.05, 0.1) is 0 Å². The first-order chi connectivity index (χ1) is 4.61. The summed E-state index contributed by atoms with van der Waals surface area (Å²) in [6, 6.07) is -3.34. The molecular weight excluding hydrogens is 142 g/mol. The van der Waals surface area contributed by atoms with Crippen molar-refractivity contribution in [3.05, 3.63) is 5.21 Å². The van der Waals surface area contributed by atoms with Crippen LogP contribution in [0.3, 0.4) is 0 Å². The Morgan fingerprint density at radius 2 is 1.50 bits per heavy atom. The van der Waals surface area contributed by atoms with Crippen LogP contribution in [0.4, 0.5) is 14.4 Å². The van der Waals surface area contributed by atoms with Crippen molar-refractivity contribution >= 4 is 18.1 Å². The highest BCUT2D eigenvalue weighted by atomic mass is 16.5. The fourth-order valence-electron chi connectivity index (χ4n) is 0.454. The van der Waals surface area contributed by atoms with Gasteiger partial charge in [-0.3, -0.25) is 0 Å². The van der Waals surface area contributed by atoms with Gasteiger partial charge in [0.2, 0.25) is 0 Å². The minimum Gasteiger partial charge on any atom is -0.616 e. The van der Waals surface area contributed by atoms with Gasteiger partial charge in [-0.2, -0.15) is 0 Å². The smallest absolute Gasteiger partial charge is 0.432 e. The van der Waals surface area contributed by atoms with Gasteiger partial charge < -0.3 is 5.21 Å². The van der Waals surface area contributed by atoms with Crippen LogP contribution < -0.4 is 15.7 Å². The lowest BCUT2D eigenvalue weighted by atomic mass is 10.7. The van der Waals surface area contributed by atoms with Gasteiger partial charge in [0, 0.05) is 0 Å². The Kier molecular flexibility index (Phi) is 1.36. The number of hydroxylamine groups is 2. The molecule has 7 nitrogen and oxygen atoms in total. The van der Waals surface area contributed by atoms with Crippen LogP contribution in [-0.2, 0) is 0 Å². The fraction of sp³-hybridized carbons (Fsp3) is 0. The highest BCUT2D eigenvalue weighted by Crippen LogP contribution is 1.70. The molecule has 0 spiro atoms. The number of nitrogens with one attached hydrogen (secondary N) is 3. The second-order valence-corrected chi connectivity index (χ2v) is 1.57. The zero-order valence-electron chi connectivity index (χ0n) is 4.63. The Bertz CT molecular complexity index is 192. The van der Waals surface area contributed by atoms with Crippen LogP contribution in [0.1, 0.15) is 0 Å². The van der Waals surface area contributed by atoms with E-state index in [-0.39, 0.29) is 0 Å². The van der Waals surface area contributed by atoms with Crippen molar-refractivity contribution in [2.75, 3.05) is 0 Å². The Labute approximate surface area is 54.6 Å². The molecular formula is C3H3N3O4. The molecule has 1 aliphatic rings. The lowest BCUT2D eigenvalue weighted by Crippen LogP contribution is -3.18. The molecule has 0 aromatic heterocycles. The van der Waals surface area contributed by atoms with E-state index in [0.29, 0.717) is 0 Å². The van der Waals surface area contributed by atoms with Crippen molar-refractivity contribution in [3.8, 4) is 0 Å². The second kappa shape index (κ2) is 2.05. The molecule has 0 unspecified atom stereocenters. The zero-order valence-corrected chi connectivity index (χ0v) is 4.63. The van der Waals surface area contributed by atoms with Crippen molar-refractivity contribution in [2.24, 2.45) is 0 Å². The normalized spacial score (nSPS) is 20.3. The van der Waals surface area contributed by atoms with Crippen molar-refractivity contribution < 1.29 is 19.4 Å². The second-order valence-electron chi connectivity index (χ2n) is 1.57. The van der Waals surface area contributed by atoms with E-state index in [1.807, 2.05) is 0 Å². The topological polar surface area (TPSA) is 103 Å². The largest absolute Gasteiger partial charge is 0.616 e. The van der Waals surface area contributed by atoms with Gasteiger partial charge in [-0.15, -0.1) is 0 Å². The number of carbonyl (C=O) groups excluding carboxylic acids is 3. The van der Waals surface area contributed by atoms with E-state index in [1.54, 1.807) is 10.6 Å². The molecule has 1 heterocycles. The molecule has 0 bridgehead atoms. The van der Waals surface area contributed by atoms with Crippen LogP contribution in [-0.4, -0.2) is 18.1 Å². The Morgan fingerprint density at radius 3 is 1.90 bits per heavy atom. The van der Waals surface area contributed by atoms with E-state index in [1.165, 1.54) is 0 Å². The summed E-state index contributed by atoms with van der Waals surface area (Å²) in [6.45, 7) is 0. The lowest BCUT2D eigenvalue weighted by molar-refractivity contribution is -0.665. The van der Waals surface area contributed by atoms with Gasteiger partial charge in [0.1, 0.15) is 0 Å². The summed E-state index contributed by atoms with van der Waals surface area (Å²) in [5.74, 6) is 0. The monoisotopic (exact) mass is 145 g/mol. The molecule has 54 valence electrons. The predicted octanol–water partition coefficient (Wildman–Crippen LogP) is -2.08. The molecule has 6 amide bonds. The van der Waals surface area contributed by atoms with Gasteiger partial charge in [-0.25, -0.2) is 30.1 Å². The number of rotatable bonds is 0. The molecule has 1 aliphatic heterocycles. The number of carbonyl (C=O) groups is 3. The highest BCUT2D eigenvalue weighted by Gasteiger charge is 2.29. The number of amides is 6. The SMILES string of the molecule is O=C1NC(=O)[NH+]([O-])C(=O)N1. The molecule has 1 fully saturated rings. The molecule has 3 N–H and O–H groups in total. The van der Waals surface area contributed by atoms with Crippen LogP contribution in [0.25, 0.3) is 0 Å². The number of hydrogen-bond donors (Lipinski definition) is 3. The molecule has 0 saturated carbocycles. The average molecular weight is 145 g/mol. The highest BCUT2D eigenvalue weighted by molar-refractivity contribution is 6.03. The van der Waals surface area contributed by atoms with Gasteiger partial charge in [0.25, 0.3) is 0 Å². The van der Waals surface area contributed by atoms with Crippen molar-refractivity contribution in [3.63, 3.8) is 0 Å². The molecule has 0 aromatic carbocycles. The summed E-state index contributed by atoms with van der Waals surface area (Å²) in [4.78, 5) is 30.8. The third-order valence-corrected chi connectivity index (χ3v) is 0.867. The van der Waals surface area contributed by atoms with E-state index in [4.69, 9.17) is 0 Å². The maximum absolute atomic E-state index is 10.3. The molecule has 0 radical (unpaired) electrons. The van der Waals surface area contributed by atoms with Gasteiger partial charge >= 0.3 is 18.1 Å². The predicted molar refractivity (Wildman–Crippen MR) is 26.8 cm³/mol.